The molecule has 0 amide bonds. The quantitative estimate of drug-likeness (QED) is 0.832. The van der Waals surface area contributed by atoms with Gasteiger partial charge in [-0.2, -0.15) is 0 Å². The van der Waals surface area contributed by atoms with Crippen molar-refractivity contribution in [2.75, 3.05) is 0 Å². The summed E-state index contributed by atoms with van der Waals surface area (Å²) in [6.07, 6.45) is 8.14. The summed E-state index contributed by atoms with van der Waals surface area (Å²) in [6.45, 7) is 1.91. The molecule has 1 aliphatic carbocycles. The van der Waals surface area contributed by atoms with Crippen LogP contribution in [0.3, 0.4) is 0 Å². The van der Waals surface area contributed by atoms with Gasteiger partial charge in [0.05, 0.1) is 0 Å². The van der Waals surface area contributed by atoms with E-state index in [2.05, 4.69) is 12.2 Å². The summed E-state index contributed by atoms with van der Waals surface area (Å²) >= 11 is 0. The Hall–Kier alpha value is -1.35. The number of allylic oxidation sites excluding steroid dienone is 1. The lowest BCUT2D eigenvalue weighted by molar-refractivity contribution is 0.229. The fraction of sp³-hybridized carbons (Fsp3) is 0.467. The number of nitrogens with two attached hydrogens (primary N) is 1. The average Bonchev–Trinajstić information content (AvgIpc) is 2.28. The molecule has 3 heteroatoms. The molecule has 2 nitrogen and oxygen atoms in total. The minimum atomic E-state index is -0.261. The summed E-state index contributed by atoms with van der Waals surface area (Å²) in [6, 6.07) is 4.86. The normalized spacial score (nSPS) is 20.7. The average molecular weight is 249 g/mol. The number of hydrogen-bond acceptors (Lipinski definition) is 2. The van der Waals surface area contributed by atoms with Crippen LogP contribution in [0.4, 0.5) is 4.39 Å². The molecule has 2 rings (SSSR count). The Labute approximate surface area is 108 Å². The standard InChI is InChI=1S/C15H20FNO/c1-11(17)7-12-8-13(16)10-15(9-12)18-14-5-3-2-4-6-14/h3,5,8-11,14H,2,4,6-7,17H2,1H3. The second-order valence-corrected chi connectivity index (χ2v) is 4.99. The molecule has 0 bridgehead atoms. The molecule has 0 fully saturated rings. The van der Waals surface area contributed by atoms with E-state index >= 15 is 0 Å². The predicted molar refractivity (Wildman–Crippen MR) is 71.2 cm³/mol. The third kappa shape index (κ3) is 3.84. The summed E-state index contributed by atoms with van der Waals surface area (Å²) in [5.74, 6) is 0.338. The molecule has 2 N–H and O–H groups in total. The number of rotatable bonds is 4. The highest BCUT2D eigenvalue weighted by atomic mass is 19.1. The minimum absolute atomic E-state index is 0.0224. The topological polar surface area (TPSA) is 35.2 Å². The van der Waals surface area contributed by atoms with Crippen LogP contribution in [0.5, 0.6) is 5.75 Å². The first-order valence-electron chi connectivity index (χ1n) is 6.52. The summed E-state index contributed by atoms with van der Waals surface area (Å²) in [5.41, 5.74) is 6.62. The van der Waals surface area contributed by atoms with Gasteiger partial charge in [-0.1, -0.05) is 6.08 Å². The second kappa shape index (κ2) is 6.01. The minimum Gasteiger partial charge on any atom is -0.486 e. The van der Waals surface area contributed by atoms with Crippen LogP contribution in [0.2, 0.25) is 0 Å². The van der Waals surface area contributed by atoms with Crippen molar-refractivity contribution in [3.63, 3.8) is 0 Å². The third-order valence-corrected chi connectivity index (χ3v) is 2.99. The Morgan fingerprint density at radius 2 is 2.28 bits per heavy atom. The fourth-order valence-corrected chi connectivity index (χ4v) is 2.23. The van der Waals surface area contributed by atoms with Crippen LogP contribution in [0.1, 0.15) is 31.7 Å². The Morgan fingerprint density at radius 3 is 2.94 bits per heavy atom. The van der Waals surface area contributed by atoms with Gasteiger partial charge in [0.25, 0.3) is 0 Å². The van der Waals surface area contributed by atoms with Crippen molar-refractivity contribution in [3.05, 3.63) is 41.7 Å². The largest absolute Gasteiger partial charge is 0.486 e. The molecule has 2 unspecified atom stereocenters. The first kappa shape index (κ1) is 13.1. The molecule has 0 radical (unpaired) electrons. The maximum atomic E-state index is 13.5. The molecule has 1 aromatic carbocycles. The van der Waals surface area contributed by atoms with E-state index in [1.807, 2.05) is 13.0 Å². The van der Waals surface area contributed by atoms with Crippen LogP contribution in [-0.4, -0.2) is 12.1 Å². The van der Waals surface area contributed by atoms with Gasteiger partial charge < -0.3 is 10.5 Å². The van der Waals surface area contributed by atoms with Gasteiger partial charge in [-0.05, 0) is 56.4 Å². The number of benzene rings is 1. The molecular formula is C15H20FNO. The van der Waals surface area contributed by atoms with Crippen LogP contribution in [0.25, 0.3) is 0 Å². The zero-order valence-corrected chi connectivity index (χ0v) is 10.7. The molecule has 0 aromatic heterocycles. The van der Waals surface area contributed by atoms with E-state index in [1.165, 1.54) is 12.1 Å². The molecule has 0 saturated heterocycles. The summed E-state index contributed by atoms with van der Waals surface area (Å²) in [7, 11) is 0. The lowest BCUT2D eigenvalue weighted by Gasteiger charge is -2.19. The van der Waals surface area contributed by atoms with Crippen molar-refractivity contribution in [3.8, 4) is 5.75 Å². The van der Waals surface area contributed by atoms with E-state index in [-0.39, 0.29) is 18.0 Å². The van der Waals surface area contributed by atoms with E-state index in [9.17, 15) is 4.39 Å². The monoisotopic (exact) mass is 249 g/mol. The van der Waals surface area contributed by atoms with Gasteiger partial charge in [-0.25, -0.2) is 4.39 Å². The third-order valence-electron chi connectivity index (χ3n) is 2.99. The lowest BCUT2D eigenvalue weighted by Crippen LogP contribution is -2.18. The van der Waals surface area contributed by atoms with E-state index in [4.69, 9.17) is 10.5 Å². The molecule has 98 valence electrons. The number of ether oxygens (including phenoxy) is 1. The first-order valence-corrected chi connectivity index (χ1v) is 6.52. The van der Waals surface area contributed by atoms with Gasteiger partial charge in [0, 0.05) is 12.1 Å². The van der Waals surface area contributed by atoms with Crippen molar-refractivity contribution < 1.29 is 9.13 Å². The van der Waals surface area contributed by atoms with Crippen LogP contribution in [-0.2, 0) is 6.42 Å². The van der Waals surface area contributed by atoms with E-state index < -0.39 is 0 Å². The molecule has 1 aliphatic rings. The maximum absolute atomic E-state index is 13.5. The molecule has 0 aliphatic heterocycles. The first-order chi connectivity index (χ1) is 8.63. The maximum Gasteiger partial charge on any atom is 0.127 e. The van der Waals surface area contributed by atoms with E-state index in [1.54, 1.807) is 0 Å². The van der Waals surface area contributed by atoms with Crippen LogP contribution in [0, 0.1) is 5.82 Å². The molecular weight excluding hydrogens is 229 g/mol. The van der Waals surface area contributed by atoms with Crippen LogP contribution in [0.15, 0.2) is 30.4 Å². The lowest BCUT2D eigenvalue weighted by atomic mass is 10.0. The molecule has 18 heavy (non-hydrogen) atoms. The highest BCUT2D eigenvalue weighted by molar-refractivity contribution is 5.30. The predicted octanol–water partition coefficient (Wildman–Crippen LogP) is 3.20. The van der Waals surface area contributed by atoms with Crippen LogP contribution >= 0.6 is 0 Å². The summed E-state index contributed by atoms with van der Waals surface area (Å²) < 4.78 is 19.3. The highest BCUT2D eigenvalue weighted by Crippen LogP contribution is 2.22. The van der Waals surface area contributed by atoms with Crippen molar-refractivity contribution in [2.24, 2.45) is 5.73 Å². The molecule has 2 atom stereocenters. The van der Waals surface area contributed by atoms with Crippen molar-refractivity contribution >= 4 is 0 Å². The highest BCUT2D eigenvalue weighted by Gasteiger charge is 2.11. The fourth-order valence-electron chi connectivity index (χ4n) is 2.23. The van der Waals surface area contributed by atoms with Gasteiger partial charge >= 0.3 is 0 Å². The van der Waals surface area contributed by atoms with Crippen molar-refractivity contribution in [2.45, 2.75) is 44.8 Å². The van der Waals surface area contributed by atoms with Crippen LogP contribution < -0.4 is 10.5 Å². The Morgan fingerprint density at radius 1 is 1.44 bits per heavy atom. The Bertz CT molecular complexity index is 429. The smallest absolute Gasteiger partial charge is 0.127 e. The van der Waals surface area contributed by atoms with E-state index in [0.717, 1.165) is 24.8 Å². The van der Waals surface area contributed by atoms with Gasteiger partial charge in [-0.3, -0.25) is 0 Å². The molecule has 0 spiro atoms. The van der Waals surface area contributed by atoms with Gasteiger partial charge in [0.2, 0.25) is 0 Å². The Kier molecular flexibility index (Phi) is 4.37. The zero-order chi connectivity index (χ0) is 13.0. The van der Waals surface area contributed by atoms with Gasteiger partial charge in [0.15, 0.2) is 0 Å². The van der Waals surface area contributed by atoms with Crippen molar-refractivity contribution in [1.29, 1.82) is 0 Å². The van der Waals surface area contributed by atoms with Gasteiger partial charge in [-0.15, -0.1) is 0 Å². The Balaban J connectivity index is 2.09. The number of hydrogen-bond donors (Lipinski definition) is 1. The molecule has 0 heterocycles. The van der Waals surface area contributed by atoms with E-state index in [0.29, 0.717) is 12.2 Å². The zero-order valence-electron chi connectivity index (χ0n) is 10.7. The number of halogens is 1. The summed E-state index contributed by atoms with van der Waals surface area (Å²) in [5, 5.41) is 0. The van der Waals surface area contributed by atoms with Crippen molar-refractivity contribution in [1.82, 2.24) is 0 Å². The summed E-state index contributed by atoms with van der Waals surface area (Å²) in [4.78, 5) is 0. The second-order valence-electron chi connectivity index (χ2n) is 4.99. The molecule has 1 aromatic rings. The SMILES string of the molecule is CC(N)Cc1cc(F)cc(OC2C=CCCC2)c1. The molecule has 0 saturated carbocycles. The van der Waals surface area contributed by atoms with Gasteiger partial charge in [0.1, 0.15) is 17.7 Å².